The lowest BCUT2D eigenvalue weighted by atomic mass is 10.3. The second kappa shape index (κ2) is 5.19. The first-order valence-corrected chi connectivity index (χ1v) is 6.42. The van der Waals surface area contributed by atoms with E-state index in [4.69, 9.17) is 0 Å². The highest BCUT2D eigenvalue weighted by Gasteiger charge is 2.18. The zero-order chi connectivity index (χ0) is 12.2. The van der Waals surface area contributed by atoms with Crippen molar-refractivity contribution in [3.05, 3.63) is 54.4 Å². The van der Waals surface area contributed by atoms with Gasteiger partial charge in [-0.15, -0.1) is 0 Å². The third-order valence-corrected chi connectivity index (χ3v) is 3.04. The summed E-state index contributed by atoms with van der Waals surface area (Å²) in [6, 6.07) is 10.9. The molecule has 0 atom stereocenters. The Morgan fingerprint density at radius 2 is 2.11 bits per heavy atom. The van der Waals surface area contributed by atoms with E-state index in [-0.39, 0.29) is 0 Å². The fourth-order valence-electron chi connectivity index (χ4n) is 1.86. The molecule has 0 saturated heterocycles. The normalized spacial score (nSPS) is 15.3. The van der Waals surface area contributed by atoms with Gasteiger partial charge in [-0.05, 0) is 25.0 Å². The molecule has 92 valence electrons. The van der Waals surface area contributed by atoms with E-state index in [1.54, 1.807) is 0 Å². The zero-order valence-electron chi connectivity index (χ0n) is 10.3. The Morgan fingerprint density at radius 1 is 1.28 bits per heavy atom. The maximum absolute atomic E-state index is 4.36. The Bertz CT molecular complexity index is 524. The predicted octanol–water partition coefficient (Wildman–Crippen LogP) is 2.64. The van der Waals surface area contributed by atoms with Gasteiger partial charge in [0.2, 0.25) is 0 Å². The van der Waals surface area contributed by atoms with Crippen LogP contribution >= 0.6 is 0 Å². The monoisotopic (exact) mass is 239 g/mol. The molecule has 1 aromatic heterocycles. The summed E-state index contributed by atoms with van der Waals surface area (Å²) in [4.78, 5) is 0. The van der Waals surface area contributed by atoms with Crippen LogP contribution in [0.25, 0.3) is 11.8 Å². The van der Waals surface area contributed by atoms with E-state index in [0.717, 1.165) is 23.8 Å². The molecule has 1 N–H and O–H groups in total. The molecule has 0 radical (unpaired) electrons. The first-order chi connectivity index (χ1) is 8.92. The number of aromatic nitrogens is 2. The minimum atomic E-state index is 0.765. The maximum Gasteiger partial charge on any atom is 0.0645 e. The van der Waals surface area contributed by atoms with E-state index < -0.39 is 0 Å². The number of hydrogen-bond donors (Lipinski definition) is 1. The molecule has 3 nitrogen and oxygen atoms in total. The average Bonchev–Trinajstić information content (AvgIpc) is 3.12. The highest BCUT2D eigenvalue weighted by atomic mass is 15.3. The molecule has 3 rings (SSSR count). The fraction of sp³-hybridized carbons (Fsp3) is 0.267. The molecule has 0 aliphatic heterocycles. The first-order valence-electron chi connectivity index (χ1n) is 6.42. The molecule has 2 aromatic rings. The van der Waals surface area contributed by atoms with Crippen LogP contribution in [0.4, 0.5) is 0 Å². The summed E-state index contributed by atoms with van der Waals surface area (Å²) in [6.07, 6.45) is 10.9. The molecule has 3 heteroatoms. The molecular formula is C15H17N3. The lowest BCUT2D eigenvalue weighted by Gasteiger charge is -1.98. The number of nitrogens with one attached hydrogen (secondary N) is 1. The van der Waals surface area contributed by atoms with Crippen LogP contribution < -0.4 is 5.32 Å². The SMILES string of the molecule is C(=Cc1cnn(-c2ccccc2)c1)CNC1CC1. The summed E-state index contributed by atoms with van der Waals surface area (Å²) >= 11 is 0. The van der Waals surface area contributed by atoms with Crippen molar-refractivity contribution in [1.29, 1.82) is 0 Å². The van der Waals surface area contributed by atoms with Crippen molar-refractivity contribution in [3.63, 3.8) is 0 Å². The Morgan fingerprint density at radius 3 is 2.89 bits per heavy atom. The molecular weight excluding hydrogens is 222 g/mol. The van der Waals surface area contributed by atoms with Crippen LogP contribution in [0.15, 0.2) is 48.8 Å². The topological polar surface area (TPSA) is 29.9 Å². The van der Waals surface area contributed by atoms with Crippen molar-refractivity contribution in [2.75, 3.05) is 6.54 Å². The molecule has 1 fully saturated rings. The highest BCUT2D eigenvalue weighted by Crippen LogP contribution is 2.18. The van der Waals surface area contributed by atoms with Gasteiger partial charge in [0.1, 0.15) is 0 Å². The zero-order valence-corrected chi connectivity index (χ0v) is 10.3. The van der Waals surface area contributed by atoms with Crippen molar-refractivity contribution in [2.45, 2.75) is 18.9 Å². The molecule has 0 bridgehead atoms. The van der Waals surface area contributed by atoms with Gasteiger partial charge in [0.15, 0.2) is 0 Å². The molecule has 1 aliphatic carbocycles. The van der Waals surface area contributed by atoms with Crippen LogP contribution in [0.1, 0.15) is 18.4 Å². The second-order valence-electron chi connectivity index (χ2n) is 4.64. The average molecular weight is 239 g/mol. The number of rotatable bonds is 5. The Kier molecular flexibility index (Phi) is 3.24. The molecule has 0 spiro atoms. The Balaban J connectivity index is 1.62. The van der Waals surface area contributed by atoms with Crippen molar-refractivity contribution in [1.82, 2.24) is 15.1 Å². The summed E-state index contributed by atoms with van der Waals surface area (Å²) in [5, 5.41) is 7.81. The summed E-state index contributed by atoms with van der Waals surface area (Å²) in [7, 11) is 0. The second-order valence-corrected chi connectivity index (χ2v) is 4.64. The fourth-order valence-corrected chi connectivity index (χ4v) is 1.86. The standard InChI is InChI=1S/C15H17N3/c1-2-6-15(7-3-1)18-12-13(11-17-18)5-4-10-16-14-8-9-14/h1-7,11-12,14,16H,8-10H2. The molecule has 1 heterocycles. The van der Waals surface area contributed by atoms with Crippen LogP contribution in [-0.2, 0) is 0 Å². The molecule has 1 saturated carbocycles. The van der Waals surface area contributed by atoms with Crippen molar-refractivity contribution < 1.29 is 0 Å². The number of para-hydroxylation sites is 1. The quantitative estimate of drug-likeness (QED) is 0.869. The predicted molar refractivity (Wildman–Crippen MR) is 73.6 cm³/mol. The van der Waals surface area contributed by atoms with E-state index >= 15 is 0 Å². The van der Waals surface area contributed by atoms with Crippen LogP contribution in [0.2, 0.25) is 0 Å². The van der Waals surface area contributed by atoms with Gasteiger partial charge >= 0.3 is 0 Å². The summed E-state index contributed by atoms with van der Waals surface area (Å²) < 4.78 is 1.90. The van der Waals surface area contributed by atoms with Crippen LogP contribution in [0.5, 0.6) is 0 Å². The third-order valence-electron chi connectivity index (χ3n) is 3.04. The molecule has 18 heavy (non-hydrogen) atoms. The minimum absolute atomic E-state index is 0.765. The van der Waals surface area contributed by atoms with Crippen LogP contribution in [0, 0.1) is 0 Å². The minimum Gasteiger partial charge on any atom is -0.311 e. The van der Waals surface area contributed by atoms with Crippen molar-refractivity contribution in [3.8, 4) is 5.69 Å². The summed E-state index contributed by atoms with van der Waals surface area (Å²) in [6.45, 7) is 0.946. The summed E-state index contributed by atoms with van der Waals surface area (Å²) in [5.74, 6) is 0. The third kappa shape index (κ3) is 2.87. The van der Waals surface area contributed by atoms with Crippen LogP contribution in [-0.4, -0.2) is 22.4 Å². The Labute approximate surface area is 107 Å². The van der Waals surface area contributed by atoms with Crippen LogP contribution in [0.3, 0.4) is 0 Å². The Hall–Kier alpha value is -1.87. The van der Waals surface area contributed by atoms with Gasteiger partial charge in [-0.3, -0.25) is 0 Å². The molecule has 0 unspecified atom stereocenters. The number of benzene rings is 1. The lowest BCUT2D eigenvalue weighted by Crippen LogP contribution is -2.15. The van der Waals surface area contributed by atoms with E-state index in [0.29, 0.717) is 0 Å². The highest BCUT2D eigenvalue weighted by molar-refractivity contribution is 5.48. The van der Waals surface area contributed by atoms with E-state index in [9.17, 15) is 0 Å². The lowest BCUT2D eigenvalue weighted by molar-refractivity contribution is 0.754. The summed E-state index contributed by atoms with van der Waals surface area (Å²) in [5.41, 5.74) is 2.23. The van der Waals surface area contributed by atoms with E-state index in [2.05, 4.69) is 34.7 Å². The van der Waals surface area contributed by atoms with Gasteiger partial charge < -0.3 is 5.32 Å². The van der Waals surface area contributed by atoms with Gasteiger partial charge in [0.05, 0.1) is 11.9 Å². The van der Waals surface area contributed by atoms with E-state index in [1.165, 1.54) is 12.8 Å². The number of nitrogens with zero attached hydrogens (tertiary/aromatic N) is 2. The van der Waals surface area contributed by atoms with Crippen molar-refractivity contribution >= 4 is 6.08 Å². The van der Waals surface area contributed by atoms with Gasteiger partial charge in [0.25, 0.3) is 0 Å². The van der Waals surface area contributed by atoms with Gasteiger partial charge in [-0.1, -0.05) is 30.4 Å². The van der Waals surface area contributed by atoms with Crippen molar-refractivity contribution in [2.24, 2.45) is 0 Å². The maximum atomic E-state index is 4.36. The molecule has 0 amide bonds. The van der Waals surface area contributed by atoms with E-state index in [1.807, 2.05) is 35.3 Å². The van der Waals surface area contributed by atoms with Gasteiger partial charge in [0, 0.05) is 24.3 Å². The smallest absolute Gasteiger partial charge is 0.0645 e. The largest absolute Gasteiger partial charge is 0.311 e. The first kappa shape index (κ1) is 11.2. The van der Waals surface area contributed by atoms with Gasteiger partial charge in [-0.2, -0.15) is 5.10 Å². The van der Waals surface area contributed by atoms with Gasteiger partial charge in [-0.25, -0.2) is 4.68 Å². The molecule has 1 aromatic carbocycles. The number of hydrogen-bond acceptors (Lipinski definition) is 2. The molecule has 1 aliphatic rings.